The minimum atomic E-state index is -0.164. The van der Waals surface area contributed by atoms with Gasteiger partial charge in [-0.15, -0.1) is 0 Å². The lowest BCUT2D eigenvalue weighted by atomic mass is 9.87. The number of aliphatic imine (C=N–C) groups is 1. The molecule has 2 N–H and O–H groups in total. The minimum Gasteiger partial charge on any atom is -0.480 e. The maximum absolute atomic E-state index is 13.1. The van der Waals surface area contributed by atoms with Crippen molar-refractivity contribution in [3.8, 4) is 5.69 Å². The highest BCUT2D eigenvalue weighted by Gasteiger charge is 2.22. The van der Waals surface area contributed by atoms with Crippen molar-refractivity contribution in [3.63, 3.8) is 0 Å². The Morgan fingerprint density at radius 3 is 2.79 bits per heavy atom. The zero-order valence-corrected chi connectivity index (χ0v) is 16.5. The van der Waals surface area contributed by atoms with E-state index in [-0.39, 0.29) is 23.3 Å². The van der Waals surface area contributed by atoms with Gasteiger partial charge in [0.15, 0.2) is 0 Å². The number of benzene rings is 1. The molecular formula is C21H21ClN4O2. The molecule has 0 saturated heterocycles. The van der Waals surface area contributed by atoms with Crippen molar-refractivity contribution in [3.05, 3.63) is 80.6 Å². The molecule has 1 atom stereocenters. The van der Waals surface area contributed by atoms with E-state index in [1.165, 1.54) is 11.7 Å². The van der Waals surface area contributed by atoms with Crippen LogP contribution in [0, 0.1) is 5.92 Å². The third kappa shape index (κ3) is 3.77. The zero-order chi connectivity index (χ0) is 20.3. The molecule has 0 fully saturated rings. The van der Waals surface area contributed by atoms with Crippen molar-refractivity contribution in [2.45, 2.75) is 13.3 Å². The van der Waals surface area contributed by atoms with Gasteiger partial charge in [-0.3, -0.25) is 4.79 Å². The largest absolute Gasteiger partial charge is 0.480 e. The van der Waals surface area contributed by atoms with Crippen molar-refractivity contribution in [1.29, 1.82) is 0 Å². The van der Waals surface area contributed by atoms with Gasteiger partial charge in [0.1, 0.15) is 5.03 Å². The number of para-hydroxylation sites is 1. The van der Waals surface area contributed by atoms with Gasteiger partial charge in [-0.2, -0.15) is 0 Å². The summed E-state index contributed by atoms with van der Waals surface area (Å²) in [7, 11) is 1.48. The molecule has 6 nitrogen and oxygen atoms in total. The van der Waals surface area contributed by atoms with Crippen LogP contribution in [0.2, 0.25) is 0 Å². The molecule has 0 saturated carbocycles. The molecule has 1 heterocycles. The summed E-state index contributed by atoms with van der Waals surface area (Å²) in [5.74, 6) is 0.409. The molecular weight excluding hydrogens is 376 g/mol. The van der Waals surface area contributed by atoms with Crippen LogP contribution in [0.25, 0.3) is 11.8 Å². The molecule has 0 aliphatic heterocycles. The van der Waals surface area contributed by atoms with Crippen molar-refractivity contribution in [2.75, 3.05) is 12.8 Å². The van der Waals surface area contributed by atoms with Gasteiger partial charge in [0.25, 0.3) is 5.56 Å². The number of nitrogens with two attached hydrogens (primary N) is 1. The molecule has 0 amide bonds. The minimum absolute atomic E-state index is 0.00785. The number of hydrogen-bond acceptors (Lipinski definition) is 5. The van der Waals surface area contributed by atoms with Crippen LogP contribution in [0.1, 0.15) is 18.2 Å². The summed E-state index contributed by atoms with van der Waals surface area (Å²) in [5.41, 5.74) is 8.76. The Kier molecular flexibility index (Phi) is 5.80. The van der Waals surface area contributed by atoms with Crippen molar-refractivity contribution >= 4 is 30.3 Å². The molecule has 1 aliphatic carbocycles. The predicted octanol–water partition coefficient (Wildman–Crippen LogP) is 3.70. The van der Waals surface area contributed by atoms with E-state index in [1.54, 1.807) is 6.08 Å². The van der Waals surface area contributed by atoms with Crippen LogP contribution < -0.4 is 11.3 Å². The molecule has 7 heteroatoms. The van der Waals surface area contributed by atoms with E-state index in [2.05, 4.69) is 16.7 Å². The molecule has 28 heavy (non-hydrogen) atoms. The van der Waals surface area contributed by atoms with Crippen LogP contribution in [0.3, 0.4) is 0 Å². The molecule has 0 spiro atoms. The van der Waals surface area contributed by atoms with Gasteiger partial charge in [-0.05, 0) is 44.3 Å². The number of aromatic nitrogens is 2. The summed E-state index contributed by atoms with van der Waals surface area (Å²) in [4.78, 5) is 21.3. The molecule has 3 rings (SSSR count). The van der Waals surface area contributed by atoms with E-state index in [9.17, 15) is 4.79 Å². The third-order valence-corrected chi connectivity index (χ3v) is 4.91. The van der Waals surface area contributed by atoms with Gasteiger partial charge in [0.2, 0.25) is 11.8 Å². The lowest BCUT2D eigenvalue weighted by Crippen LogP contribution is -2.30. The number of fused-ring (bicyclic) bond motifs is 1. The van der Waals surface area contributed by atoms with Gasteiger partial charge in [-0.1, -0.05) is 41.4 Å². The van der Waals surface area contributed by atoms with Crippen molar-refractivity contribution < 1.29 is 4.74 Å². The van der Waals surface area contributed by atoms with Crippen LogP contribution in [0.5, 0.6) is 0 Å². The molecule has 1 aliphatic rings. The molecule has 1 aromatic carbocycles. The molecule has 1 unspecified atom stereocenters. The average Bonchev–Trinajstić information content (AvgIpc) is 2.69. The Bertz CT molecular complexity index is 1050. The van der Waals surface area contributed by atoms with Gasteiger partial charge in [-0.25, -0.2) is 14.5 Å². The molecule has 0 bridgehead atoms. The fraction of sp³-hybridized carbons (Fsp3) is 0.190. The van der Waals surface area contributed by atoms with Gasteiger partial charge >= 0.3 is 0 Å². The van der Waals surface area contributed by atoms with E-state index in [0.717, 1.165) is 5.57 Å². The monoisotopic (exact) mass is 396 g/mol. The second kappa shape index (κ2) is 8.27. The summed E-state index contributed by atoms with van der Waals surface area (Å²) in [6.45, 7) is 5.38. The number of methoxy groups -OCH3 is 1. The van der Waals surface area contributed by atoms with Crippen LogP contribution in [0.15, 0.2) is 68.8 Å². The summed E-state index contributed by atoms with van der Waals surface area (Å²) in [5, 5.41) is 0.353. The van der Waals surface area contributed by atoms with Crippen LogP contribution in [-0.2, 0) is 11.2 Å². The van der Waals surface area contributed by atoms with Crippen LogP contribution in [-0.4, -0.2) is 23.4 Å². The topological polar surface area (TPSA) is 82.5 Å². The normalized spacial score (nSPS) is 17.0. The fourth-order valence-electron chi connectivity index (χ4n) is 3.16. The van der Waals surface area contributed by atoms with Gasteiger partial charge in [0.05, 0.1) is 18.5 Å². The Labute approximate surface area is 168 Å². The third-order valence-electron chi connectivity index (χ3n) is 4.64. The summed E-state index contributed by atoms with van der Waals surface area (Å²) < 4.78 is 6.52. The highest BCUT2D eigenvalue weighted by molar-refractivity contribution is 6.31. The lowest BCUT2D eigenvalue weighted by Gasteiger charge is -2.21. The van der Waals surface area contributed by atoms with Crippen molar-refractivity contribution in [1.82, 2.24) is 9.55 Å². The van der Waals surface area contributed by atoms with Crippen molar-refractivity contribution in [2.24, 2.45) is 10.9 Å². The maximum Gasteiger partial charge on any atom is 0.263 e. The second-order valence-electron chi connectivity index (χ2n) is 6.38. The standard InChI is InChI=1S/C21H21ClN4O2/c1-13(11-17(22)19(24-2)28-3)14-9-10-18-16(12-14)20(27)26(21(23)25-18)15-7-5-4-6-8-15/h4-11,14H,2,12H2,1,3H3,(H2,23,25). The molecule has 144 valence electrons. The maximum atomic E-state index is 13.1. The first-order valence-electron chi connectivity index (χ1n) is 8.70. The average molecular weight is 397 g/mol. The molecule has 0 radical (unpaired) electrons. The van der Waals surface area contributed by atoms with Gasteiger partial charge in [0, 0.05) is 11.5 Å². The molecule has 2 aromatic rings. The first-order chi connectivity index (χ1) is 13.5. The predicted molar refractivity (Wildman–Crippen MR) is 114 cm³/mol. The van der Waals surface area contributed by atoms with Gasteiger partial charge < -0.3 is 10.5 Å². The highest BCUT2D eigenvalue weighted by atomic mass is 35.5. The highest BCUT2D eigenvalue weighted by Crippen LogP contribution is 2.27. The Balaban J connectivity index is 2.01. The van der Waals surface area contributed by atoms with E-state index in [1.807, 2.05) is 49.4 Å². The number of ether oxygens (including phenoxy) is 1. The number of halogens is 1. The number of nitrogen functional groups attached to an aromatic ring is 1. The number of rotatable bonds is 5. The first-order valence-corrected chi connectivity index (χ1v) is 9.07. The summed E-state index contributed by atoms with van der Waals surface area (Å²) in [6.07, 6.45) is 6.09. The summed E-state index contributed by atoms with van der Waals surface area (Å²) >= 11 is 6.24. The fourth-order valence-corrected chi connectivity index (χ4v) is 3.47. The zero-order valence-electron chi connectivity index (χ0n) is 15.7. The van der Waals surface area contributed by atoms with E-state index in [0.29, 0.717) is 28.4 Å². The Morgan fingerprint density at radius 2 is 2.14 bits per heavy atom. The Morgan fingerprint density at radius 1 is 1.43 bits per heavy atom. The summed E-state index contributed by atoms with van der Waals surface area (Å²) in [6, 6.07) is 9.24. The first kappa shape index (κ1) is 19.6. The Hall–Kier alpha value is -3.12. The second-order valence-corrected chi connectivity index (χ2v) is 6.79. The van der Waals surface area contributed by atoms with Crippen LogP contribution >= 0.6 is 11.6 Å². The van der Waals surface area contributed by atoms with Crippen LogP contribution in [0.4, 0.5) is 5.95 Å². The quantitative estimate of drug-likeness (QED) is 0.474. The number of anilines is 1. The number of nitrogens with zero attached hydrogens (tertiary/aromatic N) is 3. The number of hydrogen-bond donors (Lipinski definition) is 1. The smallest absolute Gasteiger partial charge is 0.263 e. The van der Waals surface area contributed by atoms with E-state index >= 15 is 0 Å². The molecule has 1 aromatic heterocycles. The SMILES string of the molecule is C=NC(OC)=C(Cl)C=C(C)C1C=Cc2nc(N)n(-c3ccccc3)c(=O)c2C1. The lowest BCUT2D eigenvalue weighted by molar-refractivity contribution is 0.288. The number of allylic oxidation sites excluding steroid dienone is 4. The van der Waals surface area contributed by atoms with E-state index < -0.39 is 0 Å². The van der Waals surface area contributed by atoms with E-state index in [4.69, 9.17) is 22.1 Å².